The van der Waals surface area contributed by atoms with E-state index in [2.05, 4.69) is 31.3 Å². The van der Waals surface area contributed by atoms with Crippen LogP contribution in [0.4, 0.5) is 5.82 Å². The molecule has 2 aliphatic rings. The average molecular weight is 446 g/mol. The van der Waals surface area contributed by atoms with Crippen LogP contribution in [-0.2, 0) is 0 Å². The van der Waals surface area contributed by atoms with Crippen LogP contribution in [-0.4, -0.2) is 75.8 Å². The first kappa shape index (κ1) is 23.0. The highest BCUT2D eigenvalue weighted by molar-refractivity contribution is 5.83. The van der Waals surface area contributed by atoms with Crippen molar-refractivity contribution >= 4 is 17.0 Å². The normalized spacial score (nSPS) is 18.6. The third-order valence-electron chi connectivity index (χ3n) is 6.67. The van der Waals surface area contributed by atoms with Gasteiger partial charge in [-0.25, -0.2) is 0 Å². The van der Waals surface area contributed by atoms with Crippen molar-refractivity contribution in [1.29, 1.82) is 0 Å². The summed E-state index contributed by atoms with van der Waals surface area (Å²) in [4.78, 5) is 18.8. The Labute approximate surface area is 191 Å². The van der Waals surface area contributed by atoms with Gasteiger partial charge in [-0.3, -0.25) is 9.47 Å². The van der Waals surface area contributed by atoms with Gasteiger partial charge in [-0.15, -0.1) is 0 Å². The quantitative estimate of drug-likeness (QED) is 0.497. The Morgan fingerprint density at radius 2 is 1.72 bits per heavy atom. The Kier molecular flexibility index (Phi) is 8.02. The zero-order chi connectivity index (χ0) is 22.3. The maximum atomic E-state index is 6.26. The minimum Gasteiger partial charge on any atom is -0.468 e. The summed E-state index contributed by atoms with van der Waals surface area (Å²) >= 11 is 0. The van der Waals surface area contributed by atoms with Crippen LogP contribution in [0, 0.1) is 0 Å². The first-order valence-corrected chi connectivity index (χ1v) is 12.4. The highest BCUT2D eigenvalue weighted by atomic mass is 16.5. The van der Waals surface area contributed by atoms with E-state index in [-0.39, 0.29) is 6.17 Å². The van der Waals surface area contributed by atoms with Crippen LogP contribution in [0.2, 0.25) is 0 Å². The molecule has 4 rings (SSSR count). The molecule has 2 aromatic rings. The lowest BCUT2D eigenvalue weighted by molar-refractivity contribution is 0.149. The van der Waals surface area contributed by atoms with Crippen LogP contribution in [0.1, 0.15) is 70.9 Å². The number of nitrogen functional groups attached to an aromatic ring is 1. The summed E-state index contributed by atoms with van der Waals surface area (Å²) < 4.78 is 13.6. The van der Waals surface area contributed by atoms with Crippen LogP contribution in [0.15, 0.2) is 0 Å². The molecular weight excluding hydrogens is 406 g/mol. The minimum atomic E-state index is 0.147. The van der Waals surface area contributed by atoms with Crippen molar-refractivity contribution in [3.63, 3.8) is 0 Å². The first-order valence-electron chi connectivity index (χ1n) is 12.4. The average Bonchev–Trinajstić information content (AvgIpc) is 3.56. The van der Waals surface area contributed by atoms with Gasteiger partial charge in [0.05, 0.1) is 19.9 Å². The van der Waals surface area contributed by atoms with Crippen molar-refractivity contribution in [2.24, 2.45) is 0 Å². The number of anilines is 1. The van der Waals surface area contributed by atoms with E-state index in [1.165, 1.54) is 51.7 Å². The van der Waals surface area contributed by atoms with Gasteiger partial charge in [-0.1, -0.05) is 13.3 Å². The van der Waals surface area contributed by atoms with E-state index in [0.717, 1.165) is 38.8 Å². The van der Waals surface area contributed by atoms with E-state index in [9.17, 15) is 0 Å². The zero-order valence-corrected chi connectivity index (χ0v) is 19.8. The van der Waals surface area contributed by atoms with Gasteiger partial charge in [0, 0.05) is 13.1 Å². The molecule has 4 heterocycles. The lowest BCUT2D eigenvalue weighted by atomic mass is 10.1. The SMILES string of the molecule is CCCCOc1nc(N)c2nc(OC)n(C(CCCCN3CCCC3)N3CCCC3)c2n1. The zero-order valence-electron chi connectivity index (χ0n) is 19.8. The third-order valence-corrected chi connectivity index (χ3v) is 6.67. The molecule has 2 aliphatic heterocycles. The smallest absolute Gasteiger partial charge is 0.320 e. The van der Waals surface area contributed by atoms with Crippen molar-refractivity contribution < 1.29 is 9.47 Å². The Morgan fingerprint density at radius 3 is 2.44 bits per heavy atom. The summed E-state index contributed by atoms with van der Waals surface area (Å²) in [5.74, 6) is 0.341. The summed E-state index contributed by atoms with van der Waals surface area (Å²) in [5, 5.41) is 0. The summed E-state index contributed by atoms with van der Waals surface area (Å²) in [6.45, 7) is 8.59. The number of rotatable bonds is 12. The monoisotopic (exact) mass is 445 g/mol. The van der Waals surface area contributed by atoms with Gasteiger partial charge in [0.25, 0.3) is 6.01 Å². The molecular formula is C23H39N7O2. The maximum Gasteiger partial charge on any atom is 0.320 e. The van der Waals surface area contributed by atoms with E-state index in [0.29, 0.717) is 35.6 Å². The molecule has 9 heteroatoms. The molecule has 0 radical (unpaired) electrons. The second-order valence-electron chi connectivity index (χ2n) is 9.00. The van der Waals surface area contributed by atoms with Gasteiger partial charge in [0.15, 0.2) is 17.0 Å². The molecule has 1 atom stereocenters. The standard InChI is InChI=1S/C23H39N7O2/c1-3-4-17-32-22-26-20(24)19-21(27-22)30(23(25-19)31-2)18(29-15-9-10-16-29)11-5-6-12-28-13-7-8-14-28/h18H,3-17H2,1-2H3,(H2,24,26,27). The highest BCUT2D eigenvalue weighted by Gasteiger charge is 2.29. The van der Waals surface area contributed by atoms with Crippen LogP contribution in [0.5, 0.6) is 12.0 Å². The maximum absolute atomic E-state index is 6.26. The molecule has 2 saturated heterocycles. The fraction of sp³-hybridized carbons (Fsp3) is 0.783. The molecule has 2 N–H and O–H groups in total. The Bertz CT molecular complexity index is 860. The summed E-state index contributed by atoms with van der Waals surface area (Å²) in [6, 6.07) is 0.865. The van der Waals surface area contributed by atoms with Gasteiger partial charge in [-0.05, 0) is 71.0 Å². The molecule has 0 spiro atoms. The van der Waals surface area contributed by atoms with Crippen molar-refractivity contribution in [1.82, 2.24) is 29.3 Å². The number of methoxy groups -OCH3 is 1. The third kappa shape index (κ3) is 5.26. The predicted molar refractivity (Wildman–Crippen MR) is 126 cm³/mol. The molecule has 178 valence electrons. The fourth-order valence-electron chi connectivity index (χ4n) is 4.92. The molecule has 32 heavy (non-hydrogen) atoms. The number of unbranched alkanes of at least 4 members (excludes halogenated alkanes) is 2. The molecule has 2 aromatic heterocycles. The lowest BCUT2D eigenvalue weighted by Crippen LogP contribution is -2.31. The summed E-state index contributed by atoms with van der Waals surface area (Å²) in [7, 11) is 1.66. The number of likely N-dealkylation sites (tertiary alicyclic amines) is 2. The number of hydrogen-bond acceptors (Lipinski definition) is 8. The lowest BCUT2D eigenvalue weighted by Gasteiger charge is -2.30. The van der Waals surface area contributed by atoms with E-state index in [4.69, 9.17) is 20.2 Å². The van der Waals surface area contributed by atoms with E-state index < -0.39 is 0 Å². The van der Waals surface area contributed by atoms with Crippen molar-refractivity contribution in [2.75, 3.05) is 52.2 Å². The van der Waals surface area contributed by atoms with E-state index >= 15 is 0 Å². The largest absolute Gasteiger partial charge is 0.468 e. The molecule has 2 fully saturated rings. The van der Waals surface area contributed by atoms with Gasteiger partial charge >= 0.3 is 6.01 Å². The Hall–Kier alpha value is -2.13. The molecule has 0 bridgehead atoms. The van der Waals surface area contributed by atoms with Crippen LogP contribution in [0.3, 0.4) is 0 Å². The van der Waals surface area contributed by atoms with E-state index in [1.807, 2.05) is 0 Å². The second kappa shape index (κ2) is 11.1. The number of hydrogen-bond donors (Lipinski definition) is 1. The van der Waals surface area contributed by atoms with Gasteiger partial charge in [0.1, 0.15) is 0 Å². The molecule has 0 aromatic carbocycles. The number of nitrogens with zero attached hydrogens (tertiary/aromatic N) is 6. The first-order chi connectivity index (χ1) is 15.7. The van der Waals surface area contributed by atoms with Crippen molar-refractivity contribution in [3.8, 4) is 12.0 Å². The molecule has 1 unspecified atom stereocenters. The minimum absolute atomic E-state index is 0.147. The fourth-order valence-corrected chi connectivity index (χ4v) is 4.92. The molecule has 9 nitrogen and oxygen atoms in total. The number of fused-ring (bicyclic) bond motifs is 1. The second-order valence-corrected chi connectivity index (χ2v) is 9.00. The number of imidazole rings is 1. The Balaban J connectivity index is 1.58. The van der Waals surface area contributed by atoms with Crippen LogP contribution in [0.25, 0.3) is 11.2 Å². The topological polar surface area (TPSA) is 94.6 Å². The van der Waals surface area contributed by atoms with Crippen molar-refractivity contribution in [3.05, 3.63) is 0 Å². The predicted octanol–water partition coefficient (Wildman–Crippen LogP) is 3.46. The number of nitrogens with two attached hydrogens (primary N) is 1. The van der Waals surface area contributed by atoms with Gasteiger partial charge in [-0.2, -0.15) is 15.0 Å². The van der Waals surface area contributed by atoms with Gasteiger partial charge in [0.2, 0.25) is 0 Å². The van der Waals surface area contributed by atoms with Crippen molar-refractivity contribution in [2.45, 2.75) is 70.9 Å². The summed E-state index contributed by atoms with van der Waals surface area (Å²) in [5.41, 5.74) is 7.56. The molecule has 0 aliphatic carbocycles. The summed E-state index contributed by atoms with van der Waals surface area (Å²) in [6.07, 6.45) is 10.7. The Morgan fingerprint density at radius 1 is 0.969 bits per heavy atom. The van der Waals surface area contributed by atoms with Crippen LogP contribution < -0.4 is 15.2 Å². The van der Waals surface area contributed by atoms with Crippen LogP contribution >= 0.6 is 0 Å². The van der Waals surface area contributed by atoms with Gasteiger partial charge < -0.3 is 20.1 Å². The number of ether oxygens (including phenoxy) is 2. The van der Waals surface area contributed by atoms with E-state index in [1.54, 1.807) is 7.11 Å². The number of aromatic nitrogens is 4. The molecule has 0 amide bonds. The molecule has 0 saturated carbocycles. The highest BCUT2D eigenvalue weighted by Crippen LogP contribution is 2.34.